The quantitative estimate of drug-likeness (QED) is 0.590. The molecule has 0 aliphatic heterocycles. The third-order valence-electron chi connectivity index (χ3n) is 4.24. The summed E-state index contributed by atoms with van der Waals surface area (Å²) in [5.41, 5.74) is 4.30. The zero-order valence-electron chi connectivity index (χ0n) is 14.1. The van der Waals surface area contributed by atoms with Crippen molar-refractivity contribution in [3.63, 3.8) is 0 Å². The molecule has 2 aromatic carbocycles. The number of benzene rings is 2. The summed E-state index contributed by atoms with van der Waals surface area (Å²) in [6.45, 7) is 0.335. The summed E-state index contributed by atoms with van der Waals surface area (Å²) in [4.78, 5) is 17.6. The van der Waals surface area contributed by atoms with Crippen LogP contribution in [0.15, 0.2) is 65.6 Å². The molecule has 1 N–H and O–H groups in total. The fourth-order valence-corrected chi connectivity index (χ4v) is 3.17. The van der Waals surface area contributed by atoms with E-state index in [1.807, 2.05) is 54.6 Å². The van der Waals surface area contributed by atoms with E-state index < -0.39 is 0 Å². The fourth-order valence-electron chi connectivity index (χ4n) is 3.05. The third kappa shape index (κ3) is 2.81. The van der Waals surface area contributed by atoms with Crippen LogP contribution in [0.2, 0.25) is 5.02 Å². The topological polar surface area (TPSA) is 59.4 Å². The number of rotatable bonds is 4. The lowest BCUT2D eigenvalue weighted by molar-refractivity contribution is 0.181. The largest absolute Gasteiger partial charge is 0.378 e. The van der Waals surface area contributed by atoms with Gasteiger partial charge in [-0.25, -0.2) is 9.50 Å². The summed E-state index contributed by atoms with van der Waals surface area (Å²) in [5, 5.41) is 3.79. The molecule has 0 amide bonds. The molecule has 0 aliphatic rings. The number of halogens is 1. The lowest BCUT2D eigenvalue weighted by Gasteiger charge is -2.04. The van der Waals surface area contributed by atoms with Crippen molar-refractivity contribution in [2.24, 2.45) is 0 Å². The average molecular weight is 366 g/mol. The third-order valence-corrected chi connectivity index (χ3v) is 4.49. The fraction of sp³-hybridized carbons (Fsp3) is 0.100. The van der Waals surface area contributed by atoms with Crippen LogP contribution in [-0.4, -0.2) is 21.7 Å². The monoisotopic (exact) mass is 365 g/mol. The molecule has 4 rings (SSSR count). The van der Waals surface area contributed by atoms with E-state index in [1.54, 1.807) is 13.3 Å². The molecule has 130 valence electrons. The lowest BCUT2D eigenvalue weighted by atomic mass is 10.1. The normalized spacial score (nSPS) is 11.2. The summed E-state index contributed by atoms with van der Waals surface area (Å²) in [6.07, 6.45) is 1.62. The summed E-state index contributed by atoms with van der Waals surface area (Å²) in [5.74, 6) is 0. The molecule has 0 fully saturated rings. The Morgan fingerprint density at radius 1 is 1.08 bits per heavy atom. The van der Waals surface area contributed by atoms with Gasteiger partial charge >= 0.3 is 0 Å². The van der Waals surface area contributed by atoms with Gasteiger partial charge in [-0.05, 0) is 23.3 Å². The Morgan fingerprint density at radius 2 is 1.81 bits per heavy atom. The predicted octanol–water partition coefficient (Wildman–Crippen LogP) is 4.16. The van der Waals surface area contributed by atoms with Gasteiger partial charge in [0, 0.05) is 23.9 Å². The maximum atomic E-state index is 13.0. The Labute approximate surface area is 154 Å². The molecule has 0 bridgehead atoms. The van der Waals surface area contributed by atoms with Crippen LogP contribution < -0.4 is 5.56 Å². The SMILES string of the molecule is COCc1[nH]n2c(=O)c(-c3ccccc3)cnc2c1-c1ccc(Cl)cc1. The maximum absolute atomic E-state index is 13.0. The molecule has 2 heterocycles. The van der Waals surface area contributed by atoms with E-state index >= 15 is 0 Å². The van der Waals surface area contributed by atoms with Crippen molar-refractivity contribution in [3.8, 4) is 22.3 Å². The predicted molar refractivity (Wildman–Crippen MR) is 102 cm³/mol. The number of nitrogens with one attached hydrogen (secondary N) is 1. The van der Waals surface area contributed by atoms with Crippen LogP contribution in [0, 0.1) is 0 Å². The smallest absolute Gasteiger partial charge is 0.280 e. The highest BCUT2D eigenvalue weighted by Crippen LogP contribution is 2.29. The molecule has 0 unspecified atom stereocenters. The standard InChI is InChI=1S/C20H16ClN3O2/c1-26-12-17-18(14-7-9-15(21)10-8-14)19-22-11-16(20(25)24(19)23-17)13-5-3-2-4-6-13/h2-11,23H,12H2,1H3. The van der Waals surface area contributed by atoms with Gasteiger partial charge in [0.2, 0.25) is 0 Å². The highest BCUT2D eigenvalue weighted by Gasteiger charge is 2.18. The number of hydrogen-bond acceptors (Lipinski definition) is 3. The summed E-state index contributed by atoms with van der Waals surface area (Å²) in [6, 6.07) is 16.9. The highest BCUT2D eigenvalue weighted by molar-refractivity contribution is 6.30. The number of aromatic nitrogens is 3. The van der Waals surface area contributed by atoms with E-state index in [9.17, 15) is 4.79 Å². The Bertz CT molecular complexity index is 1120. The minimum absolute atomic E-state index is 0.154. The molecule has 0 saturated carbocycles. The van der Waals surface area contributed by atoms with Crippen molar-refractivity contribution < 1.29 is 4.74 Å². The van der Waals surface area contributed by atoms with E-state index in [1.165, 1.54) is 4.52 Å². The molecule has 0 saturated heterocycles. The summed E-state index contributed by atoms with van der Waals surface area (Å²) < 4.78 is 6.77. The van der Waals surface area contributed by atoms with Gasteiger partial charge in [0.15, 0.2) is 5.65 Å². The van der Waals surface area contributed by atoms with E-state index in [0.29, 0.717) is 22.8 Å². The van der Waals surface area contributed by atoms with Gasteiger partial charge in [0.1, 0.15) is 0 Å². The van der Waals surface area contributed by atoms with E-state index in [-0.39, 0.29) is 5.56 Å². The number of fused-ring (bicyclic) bond motifs is 1. The summed E-state index contributed by atoms with van der Waals surface area (Å²) >= 11 is 6.00. The molecular weight excluding hydrogens is 350 g/mol. The molecule has 0 aliphatic carbocycles. The Hall–Kier alpha value is -2.89. The second kappa shape index (κ2) is 6.78. The van der Waals surface area contributed by atoms with Crippen LogP contribution in [0.3, 0.4) is 0 Å². The molecule has 5 nitrogen and oxygen atoms in total. The van der Waals surface area contributed by atoms with Gasteiger partial charge in [0.25, 0.3) is 5.56 Å². The molecule has 0 radical (unpaired) electrons. The first-order chi connectivity index (χ1) is 12.7. The number of aromatic amines is 1. The Morgan fingerprint density at radius 3 is 2.50 bits per heavy atom. The molecule has 0 spiro atoms. The number of ether oxygens (including phenoxy) is 1. The van der Waals surface area contributed by atoms with E-state index in [2.05, 4.69) is 10.1 Å². The van der Waals surface area contributed by atoms with Gasteiger partial charge in [-0.1, -0.05) is 54.1 Å². The summed E-state index contributed by atoms with van der Waals surface area (Å²) in [7, 11) is 1.61. The molecule has 4 aromatic rings. The molecular formula is C20H16ClN3O2. The molecule has 26 heavy (non-hydrogen) atoms. The Balaban J connectivity index is 1.97. The van der Waals surface area contributed by atoms with Crippen LogP contribution in [0.4, 0.5) is 0 Å². The first-order valence-corrected chi connectivity index (χ1v) is 8.49. The van der Waals surface area contributed by atoms with Crippen molar-refractivity contribution in [1.29, 1.82) is 0 Å². The van der Waals surface area contributed by atoms with Crippen molar-refractivity contribution in [3.05, 3.63) is 81.9 Å². The molecule has 2 aromatic heterocycles. The zero-order chi connectivity index (χ0) is 18.1. The van der Waals surface area contributed by atoms with Gasteiger partial charge in [0.05, 0.1) is 17.9 Å². The maximum Gasteiger partial charge on any atom is 0.280 e. The lowest BCUT2D eigenvalue weighted by Crippen LogP contribution is -2.17. The van der Waals surface area contributed by atoms with Crippen molar-refractivity contribution in [2.75, 3.05) is 7.11 Å². The minimum Gasteiger partial charge on any atom is -0.378 e. The first-order valence-electron chi connectivity index (χ1n) is 8.12. The van der Waals surface area contributed by atoms with Gasteiger partial charge in [-0.2, -0.15) is 0 Å². The highest BCUT2D eigenvalue weighted by atomic mass is 35.5. The number of nitrogens with zero attached hydrogens (tertiary/aromatic N) is 2. The van der Waals surface area contributed by atoms with Crippen LogP contribution in [0.25, 0.3) is 27.9 Å². The van der Waals surface area contributed by atoms with Crippen molar-refractivity contribution >= 4 is 17.2 Å². The van der Waals surface area contributed by atoms with Crippen LogP contribution in [-0.2, 0) is 11.3 Å². The number of methoxy groups -OCH3 is 1. The van der Waals surface area contributed by atoms with Crippen molar-refractivity contribution in [2.45, 2.75) is 6.61 Å². The van der Waals surface area contributed by atoms with Gasteiger partial charge in [-0.15, -0.1) is 0 Å². The number of H-pyrrole nitrogens is 1. The number of hydrogen-bond donors (Lipinski definition) is 1. The Kier molecular flexibility index (Phi) is 4.32. The van der Waals surface area contributed by atoms with Gasteiger partial charge < -0.3 is 4.74 Å². The first kappa shape index (κ1) is 16.6. The minimum atomic E-state index is -0.154. The van der Waals surface area contributed by atoms with Crippen LogP contribution in [0.1, 0.15) is 5.69 Å². The van der Waals surface area contributed by atoms with Crippen LogP contribution >= 0.6 is 11.6 Å². The van der Waals surface area contributed by atoms with Gasteiger partial charge in [-0.3, -0.25) is 9.89 Å². The van der Waals surface area contributed by atoms with Crippen molar-refractivity contribution in [1.82, 2.24) is 14.6 Å². The second-order valence-electron chi connectivity index (χ2n) is 5.91. The second-order valence-corrected chi connectivity index (χ2v) is 6.34. The molecule has 0 atom stereocenters. The molecule has 6 heteroatoms. The zero-order valence-corrected chi connectivity index (χ0v) is 14.8. The van der Waals surface area contributed by atoms with E-state index in [4.69, 9.17) is 16.3 Å². The van der Waals surface area contributed by atoms with E-state index in [0.717, 1.165) is 22.4 Å². The van der Waals surface area contributed by atoms with Crippen LogP contribution in [0.5, 0.6) is 0 Å². The average Bonchev–Trinajstić information content (AvgIpc) is 3.03.